The number of aliphatic hydroxyl groups excluding tert-OH is 1. The van der Waals surface area contributed by atoms with Gasteiger partial charge in [-0.05, 0) is 30.6 Å². The predicted octanol–water partition coefficient (Wildman–Crippen LogP) is 2.12. The average Bonchev–Trinajstić information content (AvgIpc) is 2.93. The second kappa shape index (κ2) is 6.81. The summed E-state index contributed by atoms with van der Waals surface area (Å²) in [5.41, 5.74) is 0.905. The van der Waals surface area contributed by atoms with E-state index in [9.17, 15) is 9.90 Å². The summed E-state index contributed by atoms with van der Waals surface area (Å²) < 4.78 is 0. The van der Waals surface area contributed by atoms with Crippen LogP contribution in [0.15, 0.2) is 30.3 Å². The Morgan fingerprint density at radius 3 is 2.89 bits per heavy atom. The third-order valence-electron chi connectivity index (χ3n) is 3.12. The fourth-order valence-electron chi connectivity index (χ4n) is 2.07. The number of carbonyl (C=O) groups excluding carboxylic acids is 1. The molecule has 2 atom stereocenters. The molecule has 3 nitrogen and oxygen atoms in total. The summed E-state index contributed by atoms with van der Waals surface area (Å²) in [7, 11) is 0. The van der Waals surface area contributed by atoms with Gasteiger partial charge in [0.15, 0.2) is 0 Å². The SMILES string of the molecule is O=C(NCCC(O)c1ccccc1)C1CCCS1. The minimum atomic E-state index is -0.497. The maximum atomic E-state index is 11.7. The molecule has 4 heteroatoms. The van der Waals surface area contributed by atoms with Gasteiger partial charge in [0.1, 0.15) is 0 Å². The lowest BCUT2D eigenvalue weighted by Gasteiger charge is -2.13. The molecule has 1 aliphatic rings. The highest BCUT2D eigenvalue weighted by Gasteiger charge is 2.22. The topological polar surface area (TPSA) is 49.3 Å². The zero-order chi connectivity index (χ0) is 12.8. The Morgan fingerprint density at radius 1 is 1.44 bits per heavy atom. The van der Waals surface area contributed by atoms with Crippen LogP contribution in [-0.2, 0) is 4.79 Å². The second-order valence-electron chi connectivity index (χ2n) is 4.51. The minimum Gasteiger partial charge on any atom is -0.388 e. The molecule has 2 rings (SSSR count). The van der Waals surface area contributed by atoms with Crippen molar-refractivity contribution in [3.8, 4) is 0 Å². The Kier molecular flexibility index (Phi) is 5.08. The summed E-state index contributed by atoms with van der Waals surface area (Å²) in [6.07, 6.45) is 2.18. The van der Waals surface area contributed by atoms with Crippen molar-refractivity contribution in [2.75, 3.05) is 12.3 Å². The van der Waals surface area contributed by atoms with Gasteiger partial charge in [0.25, 0.3) is 0 Å². The van der Waals surface area contributed by atoms with Crippen LogP contribution in [0.25, 0.3) is 0 Å². The van der Waals surface area contributed by atoms with Crippen molar-refractivity contribution in [1.82, 2.24) is 5.32 Å². The van der Waals surface area contributed by atoms with Crippen molar-refractivity contribution in [3.63, 3.8) is 0 Å². The number of thioether (sulfide) groups is 1. The molecule has 98 valence electrons. The molecule has 1 amide bonds. The zero-order valence-corrected chi connectivity index (χ0v) is 11.2. The standard InChI is InChI=1S/C14H19NO2S/c16-12(11-5-2-1-3-6-11)8-9-15-14(17)13-7-4-10-18-13/h1-3,5-6,12-13,16H,4,7-10H2,(H,15,17). The molecule has 1 aliphatic heterocycles. The molecule has 0 aliphatic carbocycles. The van der Waals surface area contributed by atoms with Crippen LogP contribution in [-0.4, -0.2) is 28.6 Å². The smallest absolute Gasteiger partial charge is 0.233 e. The summed E-state index contributed by atoms with van der Waals surface area (Å²) in [6, 6.07) is 9.55. The highest BCUT2D eigenvalue weighted by atomic mass is 32.2. The molecule has 1 aromatic rings. The normalized spacial score (nSPS) is 20.6. The number of rotatable bonds is 5. The van der Waals surface area contributed by atoms with Crippen LogP contribution in [0.4, 0.5) is 0 Å². The van der Waals surface area contributed by atoms with Gasteiger partial charge in [0.2, 0.25) is 5.91 Å². The van der Waals surface area contributed by atoms with Gasteiger partial charge in [-0.3, -0.25) is 4.79 Å². The van der Waals surface area contributed by atoms with Crippen LogP contribution in [0.1, 0.15) is 30.9 Å². The van der Waals surface area contributed by atoms with E-state index in [1.54, 1.807) is 11.8 Å². The van der Waals surface area contributed by atoms with Crippen LogP contribution >= 0.6 is 11.8 Å². The maximum Gasteiger partial charge on any atom is 0.233 e. The molecule has 18 heavy (non-hydrogen) atoms. The molecular formula is C14H19NO2S. The molecule has 1 heterocycles. The van der Waals surface area contributed by atoms with Crippen LogP contribution in [0.2, 0.25) is 0 Å². The van der Waals surface area contributed by atoms with Crippen molar-refractivity contribution in [1.29, 1.82) is 0 Å². The summed E-state index contributed by atoms with van der Waals surface area (Å²) >= 11 is 1.73. The number of nitrogens with one attached hydrogen (secondary N) is 1. The second-order valence-corrected chi connectivity index (χ2v) is 5.82. The van der Waals surface area contributed by atoms with Gasteiger partial charge in [-0.25, -0.2) is 0 Å². The van der Waals surface area contributed by atoms with Crippen molar-refractivity contribution in [2.45, 2.75) is 30.6 Å². The molecule has 0 bridgehead atoms. The lowest BCUT2D eigenvalue weighted by atomic mass is 10.1. The fourth-order valence-corrected chi connectivity index (χ4v) is 3.26. The molecule has 1 aromatic carbocycles. The zero-order valence-electron chi connectivity index (χ0n) is 10.3. The van der Waals surface area contributed by atoms with E-state index in [-0.39, 0.29) is 11.2 Å². The fraction of sp³-hybridized carbons (Fsp3) is 0.500. The van der Waals surface area contributed by atoms with Crippen LogP contribution in [0.3, 0.4) is 0 Å². The molecule has 2 N–H and O–H groups in total. The van der Waals surface area contributed by atoms with Gasteiger partial charge < -0.3 is 10.4 Å². The third kappa shape index (κ3) is 3.75. The largest absolute Gasteiger partial charge is 0.388 e. The summed E-state index contributed by atoms with van der Waals surface area (Å²) in [6.45, 7) is 0.534. The van der Waals surface area contributed by atoms with Crippen molar-refractivity contribution in [2.24, 2.45) is 0 Å². The van der Waals surface area contributed by atoms with Crippen LogP contribution < -0.4 is 5.32 Å². The van der Waals surface area contributed by atoms with Gasteiger partial charge in [-0.15, -0.1) is 11.8 Å². The van der Waals surface area contributed by atoms with Crippen molar-refractivity contribution >= 4 is 17.7 Å². The highest BCUT2D eigenvalue weighted by molar-refractivity contribution is 8.00. The number of hydrogen-bond donors (Lipinski definition) is 2. The molecule has 2 unspecified atom stereocenters. The maximum absolute atomic E-state index is 11.7. The van der Waals surface area contributed by atoms with Gasteiger partial charge in [0, 0.05) is 6.54 Å². The monoisotopic (exact) mass is 265 g/mol. The van der Waals surface area contributed by atoms with Gasteiger partial charge >= 0.3 is 0 Å². The Morgan fingerprint density at radius 2 is 2.22 bits per heavy atom. The molecular weight excluding hydrogens is 246 g/mol. The predicted molar refractivity (Wildman–Crippen MR) is 74.5 cm³/mol. The first-order valence-corrected chi connectivity index (χ1v) is 7.44. The summed E-state index contributed by atoms with van der Waals surface area (Å²) in [5.74, 6) is 1.21. The quantitative estimate of drug-likeness (QED) is 0.857. The first-order chi connectivity index (χ1) is 8.77. The summed E-state index contributed by atoms with van der Waals surface area (Å²) in [4.78, 5) is 11.7. The Hall–Kier alpha value is -1.00. The number of aliphatic hydroxyl groups is 1. The van der Waals surface area contributed by atoms with E-state index in [1.807, 2.05) is 30.3 Å². The molecule has 0 spiro atoms. The minimum absolute atomic E-state index is 0.123. The molecule has 1 saturated heterocycles. The van der Waals surface area contributed by atoms with Crippen molar-refractivity contribution < 1.29 is 9.90 Å². The molecule has 0 aromatic heterocycles. The number of amides is 1. The van der Waals surface area contributed by atoms with E-state index in [0.717, 1.165) is 24.2 Å². The van der Waals surface area contributed by atoms with E-state index in [1.165, 1.54) is 0 Å². The first-order valence-electron chi connectivity index (χ1n) is 6.39. The first kappa shape index (κ1) is 13.4. The summed E-state index contributed by atoms with van der Waals surface area (Å²) in [5, 5.41) is 13.0. The number of hydrogen-bond acceptors (Lipinski definition) is 3. The van der Waals surface area contributed by atoms with Gasteiger partial charge in [0.05, 0.1) is 11.4 Å². The van der Waals surface area contributed by atoms with E-state index >= 15 is 0 Å². The van der Waals surface area contributed by atoms with E-state index in [2.05, 4.69) is 5.32 Å². The lowest BCUT2D eigenvalue weighted by molar-refractivity contribution is -0.120. The van der Waals surface area contributed by atoms with Gasteiger partial charge in [-0.1, -0.05) is 30.3 Å². The van der Waals surface area contributed by atoms with Crippen LogP contribution in [0, 0.1) is 0 Å². The van der Waals surface area contributed by atoms with E-state index < -0.39 is 6.10 Å². The van der Waals surface area contributed by atoms with Gasteiger partial charge in [-0.2, -0.15) is 0 Å². The third-order valence-corrected chi connectivity index (χ3v) is 4.50. The molecule has 1 fully saturated rings. The Balaban J connectivity index is 1.70. The Bertz CT molecular complexity index is 377. The number of carbonyl (C=O) groups is 1. The van der Waals surface area contributed by atoms with Crippen LogP contribution in [0.5, 0.6) is 0 Å². The average molecular weight is 265 g/mol. The molecule has 0 radical (unpaired) electrons. The highest BCUT2D eigenvalue weighted by Crippen LogP contribution is 2.26. The van der Waals surface area contributed by atoms with E-state index in [0.29, 0.717) is 13.0 Å². The lowest BCUT2D eigenvalue weighted by Crippen LogP contribution is -2.32. The van der Waals surface area contributed by atoms with E-state index in [4.69, 9.17) is 0 Å². The number of benzene rings is 1. The molecule has 0 saturated carbocycles. The van der Waals surface area contributed by atoms with Crippen molar-refractivity contribution in [3.05, 3.63) is 35.9 Å². The Labute approximate surface area is 112 Å².